The first-order chi connectivity index (χ1) is 11.3. The van der Waals surface area contributed by atoms with Gasteiger partial charge in [-0.2, -0.15) is 8.42 Å². The molecule has 0 heterocycles. The van der Waals surface area contributed by atoms with Gasteiger partial charge in [0, 0.05) is 6.54 Å². The third kappa shape index (κ3) is 18.2. The fourth-order valence-corrected chi connectivity index (χ4v) is 3.14. The second-order valence-electron chi connectivity index (χ2n) is 6.07. The summed E-state index contributed by atoms with van der Waals surface area (Å²) >= 11 is 0. The molecule has 0 saturated heterocycles. The Kier molecular flexibility index (Phi) is 23.3. The summed E-state index contributed by atoms with van der Waals surface area (Å²) in [4.78, 5) is 22.2. The van der Waals surface area contributed by atoms with E-state index in [2.05, 4.69) is 12.2 Å². The van der Waals surface area contributed by atoms with E-state index in [9.17, 15) is 18.0 Å². The van der Waals surface area contributed by atoms with Crippen LogP contribution in [0.2, 0.25) is 0 Å². The number of hydrogen-bond donors (Lipinski definition) is 3. The fourth-order valence-electron chi connectivity index (χ4n) is 2.43. The maximum absolute atomic E-state index is 11.7. The Balaban J connectivity index is -0.00000264. The van der Waals surface area contributed by atoms with Crippen molar-refractivity contribution >= 4 is 81.1 Å². The average molecular weight is 413 g/mol. The summed E-state index contributed by atoms with van der Waals surface area (Å²) in [6, 6.07) is 0. The Morgan fingerprint density at radius 2 is 1.31 bits per heavy atom. The van der Waals surface area contributed by atoms with Crippen LogP contribution in [0.5, 0.6) is 0 Å². The molecule has 0 aliphatic rings. The minimum absolute atomic E-state index is 0. The molecule has 0 spiro atoms. The van der Waals surface area contributed by atoms with E-state index in [1.165, 1.54) is 38.5 Å². The maximum atomic E-state index is 11.7. The van der Waals surface area contributed by atoms with E-state index in [0.29, 0.717) is 6.42 Å². The Bertz CT molecular complexity index is 473. The van der Waals surface area contributed by atoms with Gasteiger partial charge in [-0.25, -0.2) is 0 Å². The number of nitrogens with one attached hydrogen (secondary N) is 1. The van der Waals surface area contributed by atoms with Crippen molar-refractivity contribution in [2.24, 2.45) is 0 Å². The van der Waals surface area contributed by atoms with Crippen molar-refractivity contribution in [2.75, 3.05) is 6.54 Å². The van der Waals surface area contributed by atoms with Gasteiger partial charge in [-0.3, -0.25) is 14.1 Å². The first kappa shape index (κ1) is 31.5. The summed E-state index contributed by atoms with van der Waals surface area (Å²) in [5.41, 5.74) is 0. The molecule has 0 radical (unpaired) electrons. The second kappa shape index (κ2) is 19.2. The van der Waals surface area contributed by atoms with E-state index in [4.69, 9.17) is 9.66 Å². The molecule has 0 aliphatic heterocycles. The third-order valence-corrected chi connectivity index (χ3v) is 4.94. The molecule has 0 fully saturated rings. The van der Waals surface area contributed by atoms with E-state index in [1.54, 1.807) is 0 Å². The molecule has 0 rings (SSSR count). The van der Waals surface area contributed by atoms with Crippen LogP contribution >= 0.6 is 0 Å². The van der Waals surface area contributed by atoms with Crippen molar-refractivity contribution in [3.63, 3.8) is 0 Å². The number of unbranched alkanes of at least 4 members (excludes halogenated alkanes) is 9. The molecule has 0 aliphatic carbocycles. The van der Waals surface area contributed by atoms with Gasteiger partial charge in [-0.05, 0) is 6.42 Å². The second-order valence-corrected chi connectivity index (χ2v) is 7.67. The molecular weight excluding hydrogens is 380 g/mol. The number of carboxylic acid groups (broad SMARTS) is 1. The Labute approximate surface area is 201 Å². The molecule has 0 aromatic heterocycles. The van der Waals surface area contributed by atoms with Gasteiger partial charge >= 0.3 is 65.1 Å². The van der Waals surface area contributed by atoms with Crippen molar-refractivity contribution in [1.82, 2.24) is 5.32 Å². The fraction of sp³-hybridized carbons (Fsp3) is 0.875. The van der Waals surface area contributed by atoms with Crippen LogP contribution < -0.4 is 5.32 Å². The normalized spacial score (nSPS) is 11.8. The molecule has 3 N–H and O–H groups in total. The number of carbonyl (C=O) groups is 2. The van der Waals surface area contributed by atoms with Crippen LogP contribution in [0.15, 0.2) is 0 Å². The van der Waals surface area contributed by atoms with Crippen LogP contribution in [0.3, 0.4) is 0 Å². The van der Waals surface area contributed by atoms with Crippen LogP contribution in [0, 0.1) is 0 Å². The van der Waals surface area contributed by atoms with E-state index in [0.717, 1.165) is 19.3 Å². The molecular formula is C16H33NNa2O6S. The van der Waals surface area contributed by atoms with E-state index in [1.807, 2.05) is 0 Å². The summed E-state index contributed by atoms with van der Waals surface area (Å²) < 4.78 is 31.0. The zero-order valence-electron chi connectivity index (χ0n) is 14.5. The predicted molar refractivity (Wildman–Crippen MR) is 107 cm³/mol. The molecule has 0 bridgehead atoms. The summed E-state index contributed by atoms with van der Waals surface area (Å²) in [6.07, 6.45) is 10.5. The number of carboxylic acids is 1. The average Bonchev–Trinajstić information content (AvgIpc) is 2.48. The Morgan fingerprint density at radius 1 is 0.885 bits per heavy atom. The van der Waals surface area contributed by atoms with E-state index >= 15 is 0 Å². The van der Waals surface area contributed by atoms with Gasteiger partial charge in [0.1, 0.15) is 0 Å². The molecule has 26 heavy (non-hydrogen) atoms. The topological polar surface area (TPSA) is 121 Å². The SMILES string of the molecule is CCCCCCCCCCCCNC(=O)C(CC(=O)O)S(=O)(=O)O.[NaH].[NaH]. The summed E-state index contributed by atoms with van der Waals surface area (Å²) in [5, 5.41) is 9.03. The number of carbonyl (C=O) groups excluding carboxylic acids is 1. The molecule has 0 aromatic carbocycles. The molecule has 0 aromatic rings. The number of aliphatic carboxylic acids is 1. The standard InChI is InChI=1S/C16H31NO6S.2Na.2H/c1-2-3-4-5-6-7-8-9-10-11-12-17-16(20)14(13-15(18)19)24(21,22)23;;;;/h14H,2-13H2,1H3,(H,17,20)(H,18,19)(H,21,22,23);;;;. The summed E-state index contributed by atoms with van der Waals surface area (Å²) in [5.74, 6) is -2.41. The van der Waals surface area contributed by atoms with Crippen LogP contribution in [0.1, 0.15) is 77.6 Å². The summed E-state index contributed by atoms with van der Waals surface area (Å²) in [7, 11) is -4.72. The van der Waals surface area contributed by atoms with E-state index in [-0.39, 0.29) is 65.7 Å². The van der Waals surface area contributed by atoms with Crippen molar-refractivity contribution in [1.29, 1.82) is 0 Å². The van der Waals surface area contributed by atoms with Gasteiger partial charge in [-0.1, -0.05) is 64.7 Å². The van der Waals surface area contributed by atoms with Crippen LogP contribution in [0.4, 0.5) is 0 Å². The van der Waals surface area contributed by atoms with Gasteiger partial charge in [0.15, 0.2) is 5.25 Å². The monoisotopic (exact) mass is 413 g/mol. The molecule has 10 heteroatoms. The molecule has 1 amide bonds. The molecule has 146 valence electrons. The predicted octanol–water partition coefficient (Wildman–Crippen LogP) is 1.46. The van der Waals surface area contributed by atoms with E-state index < -0.39 is 33.7 Å². The van der Waals surface area contributed by atoms with Gasteiger partial charge in [0.2, 0.25) is 5.91 Å². The summed E-state index contributed by atoms with van der Waals surface area (Å²) in [6.45, 7) is 2.47. The molecule has 1 atom stereocenters. The number of rotatable bonds is 15. The van der Waals surface area contributed by atoms with Gasteiger partial charge < -0.3 is 10.4 Å². The zero-order chi connectivity index (χ0) is 18.4. The molecule has 7 nitrogen and oxygen atoms in total. The van der Waals surface area contributed by atoms with Gasteiger partial charge in [-0.15, -0.1) is 0 Å². The van der Waals surface area contributed by atoms with Crippen molar-refractivity contribution in [2.45, 2.75) is 82.8 Å². The first-order valence-electron chi connectivity index (χ1n) is 8.74. The minimum atomic E-state index is -4.72. The van der Waals surface area contributed by atoms with Crippen molar-refractivity contribution in [3.05, 3.63) is 0 Å². The third-order valence-electron chi connectivity index (χ3n) is 3.84. The zero-order valence-corrected chi connectivity index (χ0v) is 15.3. The van der Waals surface area contributed by atoms with Gasteiger partial charge in [0.25, 0.3) is 10.1 Å². The molecule has 0 saturated carbocycles. The quantitative estimate of drug-likeness (QED) is 0.212. The first-order valence-corrected chi connectivity index (χ1v) is 10.2. The number of hydrogen-bond acceptors (Lipinski definition) is 4. The van der Waals surface area contributed by atoms with Crippen LogP contribution in [-0.2, 0) is 19.7 Å². The van der Waals surface area contributed by atoms with Crippen molar-refractivity contribution < 1.29 is 27.7 Å². The van der Waals surface area contributed by atoms with Crippen LogP contribution in [-0.4, -0.2) is 101 Å². The number of amides is 1. The Hall–Kier alpha value is 0.850. The van der Waals surface area contributed by atoms with Crippen molar-refractivity contribution in [3.8, 4) is 0 Å². The Morgan fingerprint density at radius 3 is 1.69 bits per heavy atom. The van der Waals surface area contributed by atoms with Crippen LogP contribution in [0.25, 0.3) is 0 Å². The van der Waals surface area contributed by atoms with Gasteiger partial charge in [0.05, 0.1) is 6.42 Å². The molecule has 1 unspecified atom stereocenters.